The topological polar surface area (TPSA) is 28.5 Å². The SMILES string of the molecule is C=C(C(N=C(C)/C(=C\C(=C/C)c1ccccc1)C(F)(F)F)=C(C)C)N1CCC(c2ncccc2F)CC1.CC. The highest BCUT2D eigenvalue weighted by atomic mass is 19.4. The molecule has 0 spiro atoms. The zero-order valence-electron chi connectivity index (χ0n) is 23.7. The second kappa shape index (κ2) is 14.6. The lowest BCUT2D eigenvalue weighted by Gasteiger charge is -2.35. The second-order valence-electron chi connectivity index (χ2n) is 9.29. The second-order valence-corrected chi connectivity index (χ2v) is 9.29. The van der Waals surface area contributed by atoms with E-state index in [2.05, 4.69) is 16.6 Å². The molecule has 0 saturated carbocycles. The zero-order valence-corrected chi connectivity index (χ0v) is 23.7. The summed E-state index contributed by atoms with van der Waals surface area (Å²) in [6, 6.07) is 11.9. The van der Waals surface area contributed by atoms with Crippen molar-refractivity contribution in [2.24, 2.45) is 4.99 Å². The van der Waals surface area contributed by atoms with E-state index in [1.165, 1.54) is 13.0 Å². The molecule has 1 saturated heterocycles. The minimum Gasteiger partial charge on any atom is -0.370 e. The molecule has 1 aliphatic heterocycles. The average molecular weight is 542 g/mol. The number of pyridine rings is 1. The van der Waals surface area contributed by atoms with E-state index in [1.807, 2.05) is 38.7 Å². The van der Waals surface area contributed by atoms with E-state index in [-0.39, 0.29) is 17.4 Å². The van der Waals surface area contributed by atoms with Crippen LogP contribution >= 0.6 is 0 Å². The summed E-state index contributed by atoms with van der Waals surface area (Å²) >= 11 is 0. The molecule has 39 heavy (non-hydrogen) atoms. The molecule has 3 nitrogen and oxygen atoms in total. The van der Waals surface area contributed by atoms with E-state index >= 15 is 0 Å². The monoisotopic (exact) mass is 541 g/mol. The number of alkyl halides is 3. The van der Waals surface area contributed by atoms with E-state index in [9.17, 15) is 17.6 Å². The quantitative estimate of drug-likeness (QED) is 0.199. The Kier molecular flexibility index (Phi) is 11.9. The van der Waals surface area contributed by atoms with Gasteiger partial charge in [0.25, 0.3) is 0 Å². The molecule has 0 N–H and O–H groups in total. The summed E-state index contributed by atoms with van der Waals surface area (Å²) in [4.78, 5) is 10.7. The van der Waals surface area contributed by atoms with Gasteiger partial charge in [-0.2, -0.15) is 13.2 Å². The van der Waals surface area contributed by atoms with Crippen molar-refractivity contribution in [3.05, 3.63) is 107 Å². The third-order valence-electron chi connectivity index (χ3n) is 6.49. The molecule has 1 aromatic carbocycles. The maximum absolute atomic E-state index is 14.2. The third kappa shape index (κ3) is 8.50. The van der Waals surface area contributed by atoms with Crippen molar-refractivity contribution >= 4 is 11.3 Å². The van der Waals surface area contributed by atoms with Gasteiger partial charge in [-0.15, -0.1) is 0 Å². The first-order valence-electron chi connectivity index (χ1n) is 13.3. The van der Waals surface area contributed by atoms with Gasteiger partial charge < -0.3 is 4.90 Å². The molecule has 0 atom stereocenters. The van der Waals surface area contributed by atoms with Crippen LogP contribution in [0.15, 0.2) is 94.9 Å². The first kappa shape index (κ1) is 31.7. The Bertz CT molecular complexity index is 1230. The summed E-state index contributed by atoms with van der Waals surface area (Å²) in [7, 11) is 0. The lowest BCUT2D eigenvalue weighted by Crippen LogP contribution is -2.33. The third-order valence-corrected chi connectivity index (χ3v) is 6.49. The molecule has 0 amide bonds. The van der Waals surface area contributed by atoms with Crippen LogP contribution in [0, 0.1) is 5.82 Å². The molecule has 7 heteroatoms. The molecule has 1 aromatic heterocycles. The molecule has 2 heterocycles. The Morgan fingerprint density at radius 2 is 1.64 bits per heavy atom. The highest BCUT2D eigenvalue weighted by molar-refractivity contribution is 6.02. The summed E-state index contributed by atoms with van der Waals surface area (Å²) in [5, 5.41) is 0. The van der Waals surface area contributed by atoms with Crippen molar-refractivity contribution in [2.45, 2.75) is 66.5 Å². The van der Waals surface area contributed by atoms with Crippen LogP contribution in [0.25, 0.3) is 5.57 Å². The number of allylic oxidation sites excluding steroid dienone is 5. The van der Waals surface area contributed by atoms with E-state index in [4.69, 9.17) is 0 Å². The van der Waals surface area contributed by atoms with Gasteiger partial charge in [0.15, 0.2) is 0 Å². The van der Waals surface area contributed by atoms with Gasteiger partial charge in [0.1, 0.15) is 5.82 Å². The first-order valence-corrected chi connectivity index (χ1v) is 13.3. The van der Waals surface area contributed by atoms with Crippen molar-refractivity contribution in [1.29, 1.82) is 0 Å². The standard InChI is InChI=1S/C30H33F4N3.C2H6/c1-6-23(24-11-8-7-9-12-24)19-26(30(32,33)34)21(4)36-28(20(2)3)22(5)37-17-14-25(15-18-37)29-27(31)13-10-16-35-29;1-2/h6-13,16,19,25H,5,14-15,17-18H2,1-4H3;1-2H3/b23-6+,26-19+,36-21?;. The van der Waals surface area contributed by atoms with Gasteiger partial charge in [0, 0.05) is 25.2 Å². The number of aromatic nitrogens is 1. The Balaban J connectivity index is 0.00000260. The molecule has 1 fully saturated rings. The van der Waals surface area contributed by atoms with Gasteiger partial charge >= 0.3 is 6.18 Å². The fourth-order valence-electron chi connectivity index (χ4n) is 4.47. The van der Waals surface area contributed by atoms with Crippen LogP contribution in [0.3, 0.4) is 0 Å². The van der Waals surface area contributed by atoms with E-state index in [1.54, 1.807) is 49.5 Å². The predicted molar refractivity (Wildman–Crippen MR) is 154 cm³/mol. The zero-order chi connectivity index (χ0) is 29.2. The van der Waals surface area contributed by atoms with Crippen molar-refractivity contribution < 1.29 is 17.6 Å². The van der Waals surface area contributed by atoms with E-state index in [0.717, 1.165) is 11.6 Å². The maximum atomic E-state index is 14.2. The van der Waals surface area contributed by atoms with Gasteiger partial charge in [0.2, 0.25) is 0 Å². The number of hydrogen-bond donors (Lipinski definition) is 0. The predicted octanol–water partition coefficient (Wildman–Crippen LogP) is 9.29. The van der Waals surface area contributed by atoms with Crippen LogP contribution in [0.5, 0.6) is 0 Å². The molecule has 2 aromatic rings. The van der Waals surface area contributed by atoms with Crippen molar-refractivity contribution in [3.63, 3.8) is 0 Å². The van der Waals surface area contributed by atoms with Crippen molar-refractivity contribution in [1.82, 2.24) is 9.88 Å². The fourth-order valence-corrected chi connectivity index (χ4v) is 4.47. The first-order chi connectivity index (χ1) is 18.5. The van der Waals surface area contributed by atoms with Crippen molar-refractivity contribution in [2.75, 3.05) is 13.1 Å². The Morgan fingerprint density at radius 1 is 1.03 bits per heavy atom. The normalized spacial score (nSPS) is 15.4. The van der Waals surface area contributed by atoms with Gasteiger partial charge in [0.05, 0.1) is 28.4 Å². The highest BCUT2D eigenvalue weighted by Gasteiger charge is 2.36. The largest absolute Gasteiger partial charge is 0.418 e. The average Bonchev–Trinajstić information content (AvgIpc) is 2.93. The number of hydrogen-bond acceptors (Lipinski definition) is 3. The maximum Gasteiger partial charge on any atom is 0.418 e. The van der Waals surface area contributed by atoms with Gasteiger partial charge in [-0.3, -0.25) is 9.98 Å². The van der Waals surface area contributed by atoms with Gasteiger partial charge in [-0.1, -0.05) is 56.8 Å². The van der Waals surface area contributed by atoms with Crippen LogP contribution in [-0.4, -0.2) is 34.9 Å². The summed E-state index contributed by atoms with van der Waals surface area (Å²) in [6.45, 7) is 16.1. The molecule has 0 unspecified atom stereocenters. The van der Waals surface area contributed by atoms with Gasteiger partial charge in [-0.25, -0.2) is 4.39 Å². The number of piperidine rings is 1. The Morgan fingerprint density at radius 3 is 2.15 bits per heavy atom. The van der Waals surface area contributed by atoms with Crippen LogP contribution in [0.4, 0.5) is 17.6 Å². The number of halogens is 4. The lowest BCUT2D eigenvalue weighted by atomic mass is 9.92. The summed E-state index contributed by atoms with van der Waals surface area (Å²) in [5.41, 5.74) is 2.43. The number of benzene rings is 1. The minimum atomic E-state index is -4.59. The van der Waals surface area contributed by atoms with Gasteiger partial charge in [-0.05, 0) is 75.5 Å². The number of aliphatic imine (C=N–C) groups is 1. The van der Waals surface area contributed by atoms with Crippen LogP contribution in [-0.2, 0) is 0 Å². The smallest absolute Gasteiger partial charge is 0.370 e. The Hall–Kier alpha value is -3.48. The number of rotatable bonds is 7. The Labute approximate surface area is 230 Å². The van der Waals surface area contributed by atoms with Crippen LogP contribution in [0.1, 0.15) is 71.6 Å². The molecule has 1 aliphatic rings. The van der Waals surface area contributed by atoms with Crippen LogP contribution in [0.2, 0.25) is 0 Å². The van der Waals surface area contributed by atoms with E-state index in [0.29, 0.717) is 54.2 Å². The fraction of sp³-hybridized carbons (Fsp3) is 0.375. The van der Waals surface area contributed by atoms with E-state index < -0.39 is 11.7 Å². The minimum absolute atomic E-state index is 0.0114. The summed E-state index contributed by atoms with van der Waals surface area (Å²) in [5.74, 6) is -0.324. The molecular weight excluding hydrogens is 502 g/mol. The number of likely N-dealkylation sites (tertiary alicyclic amines) is 1. The number of nitrogens with zero attached hydrogens (tertiary/aromatic N) is 3. The molecule has 3 rings (SSSR count). The molecule has 0 aliphatic carbocycles. The lowest BCUT2D eigenvalue weighted by molar-refractivity contribution is -0.0860. The van der Waals surface area contributed by atoms with Crippen molar-refractivity contribution in [3.8, 4) is 0 Å². The molecule has 0 bridgehead atoms. The van der Waals surface area contributed by atoms with Crippen LogP contribution < -0.4 is 0 Å². The molecule has 210 valence electrons. The molecular formula is C32H39F4N3. The summed E-state index contributed by atoms with van der Waals surface area (Å²) in [6.07, 6.45) is 1.14. The summed E-state index contributed by atoms with van der Waals surface area (Å²) < 4.78 is 56.7. The highest BCUT2D eigenvalue weighted by Crippen LogP contribution is 2.34. The molecule has 0 radical (unpaired) electrons.